The summed E-state index contributed by atoms with van der Waals surface area (Å²) in [5, 5.41) is 0.397. The van der Waals surface area contributed by atoms with Gasteiger partial charge in [-0.3, -0.25) is 0 Å². The zero-order valence-corrected chi connectivity index (χ0v) is 12.1. The molecular weight excluding hydrogens is 319 g/mol. The highest BCUT2D eigenvalue weighted by Gasteiger charge is 2.10. The highest BCUT2D eigenvalue weighted by Crippen LogP contribution is 2.24. The van der Waals surface area contributed by atoms with Gasteiger partial charge in [0.1, 0.15) is 16.8 Å². The van der Waals surface area contributed by atoms with E-state index in [4.69, 9.17) is 11.6 Å². The molecule has 0 unspecified atom stereocenters. The van der Waals surface area contributed by atoms with Crippen molar-refractivity contribution in [3.8, 4) is 0 Å². The summed E-state index contributed by atoms with van der Waals surface area (Å²) in [4.78, 5) is 8.60. The van der Waals surface area contributed by atoms with Crippen LogP contribution >= 0.6 is 27.5 Å². The molecule has 0 spiro atoms. The number of aromatic nitrogens is 2. The zero-order valence-electron chi connectivity index (χ0n) is 9.75. The highest BCUT2D eigenvalue weighted by atomic mass is 79.9. The first-order chi connectivity index (χ1) is 8.60. The fourth-order valence-corrected chi connectivity index (χ4v) is 2.32. The van der Waals surface area contributed by atoms with Crippen LogP contribution in [0.1, 0.15) is 24.0 Å². The molecule has 2 aromatic rings. The second kappa shape index (κ2) is 5.76. The molecule has 0 aliphatic heterocycles. The van der Waals surface area contributed by atoms with E-state index < -0.39 is 0 Å². The summed E-state index contributed by atoms with van der Waals surface area (Å²) in [5.41, 5.74) is 1.69. The van der Waals surface area contributed by atoms with Gasteiger partial charge in [0.25, 0.3) is 0 Å². The predicted molar refractivity (Wildman–Crippen MR) is 73.3 cm³/mol. The summed E-state index contributed by atoms with van der Waals surface area (Å²) >= 11 is 9.38. The molecule has 0 amide bonds. The average Bonchev–Trinajstić information content (AvgIpc) is 2.33. The van der Waals surface area contributed by atoms with Crippen LogP contribution in [0.3, 0.4) is 0 Å². The topological polar surface area (TPSA) is 25.8 Å². The zero-order chi connectivity index (χ0) is 13.1. The predicted octanol–water partition coefficient (Wildman–Crippen LogP) is 4.18. The van der Waals surface area contributed by atoms with Gasteiger partial charge in [0, 0.05) is 6.42 Å². The molecule has 2 nitrogen and oxygen atoms in total. The van der Waals surface area contributed by atoms with Crippen molar-refractivity contribution in [2.75, 3.05) is 0 Å². The van der Waals surface area contributed by atoms with Crippen molar-refractivity contribution in [3.05, 3.63) is 56.8 Å². The Morgan fingerprint density at radius 2 is 2.11 bits per heavy atom. The molecule has 0 bridgehead atoms. The van der Waals surface area contributed by atoms with Crippen LogP contribution in [-0.4, -0.2) is 9.97 Å². The molecule has 2 rings (SSSR count). The van der Waals surface area contributed by atoms with E-state index >= 15 is 0 Å². The summed E-state index contributed by atoms with van der Waals surface area (Å²) in [6, 6.07) is 6.40. The van der Waals surface area contributed by atoms with Gasteiger partial charge in [0.2, 0.25) is 0 Å². The Hall–Kier alpha value is -1.00. The summed E-state index contributed by atoms with van der Waals surface area (Å²) in [6.45, 7) is 2.00. The Labute approximate surface area is 118 Å². The maximum absolute atomic E-state index is 13.1. The summed E-state index contributed by atoms with van der Waals surface area (Å²) in [7, 11) is 0. The molecule has 0 radical (unpaired) electrons. The molecule has 94 valence electrons. The lowest BCUT2D eigenvalue weighted by atomic mass is 10.1. The lowest BCUT2D eigenvalue weighted by Crippen LogP contribution is -2.02. The highest BCUT2D eigenvalue weighted by molar-refractivity contribution is 9.10. The summed E-state index contributed by atoms with van der Waals surface area (Å²) < 4.78 is 13.8. The van der Waals surface area contributed by atoms with E-state index in [1.54, 1.807) is 6.07 Å². The van der Waals surface area contributed by atoms with Gasteiger partial charge in [-0.2, -0.15) is 0 Å². The fourth-order valence-electron chi connectivity index (χ4n) is 1.65. The second-order valence-corrected chi connectivity index (χ2v) is 5.00. The number of benzene rings is 1. The number of halogens is 3. The number of rotatable bonds is 3. The van der Waals surface area contributed by atoms with Gasteiger partial charge in [-0.1, -0.05) is 30.7 Å². The number of hydrogen-bond acceptors (Lipinski definition) is 2. The molecule has 0 saturated heterocycles. The Bertz CT molecular complexity index is 575. The van der Waals surface area contributed by atoms with Crippen LogP contribution in [-0.2, 0) is 12.8 Å². The molecule has 0 N–H and O–H groups in total. The van der Waals surface area contributed by atoms with Gasteiger partial charge < -0.3 is 0 Å². The van der Waals surface area contributed by atoms with E-state index in [2.05, 4.69) is 25.9 Å². The van der Waals surface area contributed by atoms with E-state index in [9.17, 15) is 4.39 Å². The Kier molecular flexibility index (Phi) is 4.30. The first-order valence-corrected chi connectivity index (χ1v) is 6.72. The van der Waals surface area contributed by atoms with Crippen LogP contribution in [0.25, 0.3) is 0 Å². The molecule has 0 fully saturated rings. The van der Waals surface area contributed by atoms with E-state index in [0.717, 1.165) is 22.2 Å². The van der Waals surface area contributed by atoms with Gasteiger partial charge in [-0.15, -0.1) is 0 Å². The molecule has 18 heavy (non-hydrogen) atoms. The monoisotopic (exact) mass is 328 g/mol. The third-order valence-electron chi connectivity index (χ3n) is 2.51. The number of hydrogen-bond donors (Lipinski definition) is 0. The van der Waals surface area contributed by atoms with E-state index in [-0.39, 0.29) is 5.82 Å². The van der Waals surface area contributed by atoms with E-state index in [1.165, 1.54) is 12.1 Å². The van der Waals surface area contributed by atoms with Crippen molar-refractivity contribution in [3.63, 3.8) is 0 Å². The van der Waals surface area contributed by atoms with Crippen molar-refractivity contribution in [1.82, 2.24) is 9.97 Å². The minimum absolute atomic E-state index is 0.258. The van der Waals surface area contributed by atoms with Crippen molar-refractivity contribution < 1.29 is 4.39 Å². The fraction of sp³-hybridized carbons (Fsp3) is 0.231. The standard InChI is InChI=1S/C13H11BrClFN2/c1-2-10-12(14)13(15)18-11(17-10)7-8-4-3-5-9(16)6-8/h3-6H,2,7H2,1H3. The van der Waals surface area contributed by atoms with Gasteiger partial charge in [-0.25, -0.2) is 14.4 Å². The molecule has 0 aliphatic rings. The van der Waals surface area contributed by atoms with Crippen molar-refractivity contribution in [2.45, 2.75) is 19.8 Å². The Morgan fingerprint density at radius 1 is 1.33 bits per heavy atom. The van der Waals surface area contributed by atoms with Gasteiger partial charge >= 0.3 is 0 Å². The lowest BCUT2D eigenvalue weighted by molar-refractivity contribution is 0.625. The van der Waals surface area contributed by atoms with Crippen molar-refractivity contribution >= 4 is 27.5 Å². The normalized spacial score (nSPS) is 10.7. The number of aryl methyl sites for hydroxylation is 1. The van der Waals surface area contributed by atoms with E-state index in [0.29, 0.717) is 17.4 Å². The van der Waals surface area contributed by atoms with Crippen LogP contribution in [0, 0.1) is 5.82 Å². The van der Waals surface area contributed by atoms with Crippen LogP contribution in [0.2, 0.25) is 5.15 Å². The number of nitrogens with zero attached hydrogens (tertiary/aromatic N) is 2. The maximum atomic E-state index is 13.1. The summed E-state index contributed by atoms with van der Waals surface area (Å²) in [6.07, 6.45) is 1.23. The maximum Gasteiger partial charge on any atom is 0.147 e. The van der Waals surface area contributed by atoms with Crippen LogP contribution in [0.5, 0.6) is 0 Å². The third kappa shape index (κ3) is 3.06. The smallest absolute Gasteiger partial charge is 0.147 e. The van der Waals surface area contributed by atoms with Gasteiger partial charge in [-0.05, 0) is 40.0 Å². The summed E-state index contributed by atoms with van der Waals surface area (Å²) in [5.74, 6) is 0.345. The van der Waals surface area contributed by atoms with Crippen LogP contribution < -0.4 is 0 Å². The quantitative estimate of drug-likeness (QED) is 0.789. The molecule has 0 saturated carbocycles. The minimum Gasteiger partial charge on any atom is -0.236 e. The SMILES string of the molecule is CCc1nc(Cc2cccc(F)c2)nc(Cl)c1Br. The molecule has 1 heterocycles. The first-order valence-electron chi connectivity index (χ1n) is 5.55. The molecule has 1 aromatic heterocycles. The van der Waals surface area contributed by atoms with Crippen LogP contribution in [0.15, 0.2) is 28.7 Å². The largest absolute Gasteiger partial charge is 0.236 e. The molecule has 5 heteroatoms. The molecular formula is C13H11BrClFN2. The Balaban J connectivity index is 2.32. The molecule has 1 aromatic carbocycles. The van der Waals surface area contributed by atoms with Crippen molar-refractivity contribution in [1.29, 1.82) is 0 Å². The molecule has 0 atom stereocenters. The first kappa shape index (κ1) is 13.4. The lowest BCUT2D eigenvalue weighted by Gasteiger charge is -2.06. The average molecular weight is 330 g/mol. The minimum atomic E-state index is -0.258. The van der Waals surface area contributed by atoms with E-state index in [1.807, 2.05) is 13.0 Å². The molecule has 0 aliphatic carbocycles. The van der Waals surface area contributed by atoms with Crippen LogP contribution in [0.4, 0.5) is 4.39 Å². The Morgan fingerprint density at radius 3 is 2.78 bits per heavy atom. The van der Waals surface area contributed by atoms with Gasteiger partial charge in [0.15, 0.2) is 0 Å². The van der Waals surface area contributed by atoms with Crippen molar-refractivity contribution in [2.24, 2.45) is 0 Å². The third-order valence-corrected chi connectivity index (χ3v) is 3.85. The second-order valence-electron chi connectivity index (χ2n) is 3.85. The van der Waals surface area contributed by atoms with Gasteiger partial charge in [0.05, 0.1) is 10.2 Å².